The fraction of sp³-hybridized carbons (Fsp3) is 0.375. The standard InChI is InChI=1S/C16H15F2N2O8P/c17-10-1-2-12-9(5-10)7-25-29(24,28-12)26-8-16(18)6-11(21)14(27-16)20-4-3-13(22)19-15(20)23/h1-5,11,14,21H,6-8H2,(H,19,22,23)/t11-,14-,16+,29?/m1/s1/i14D. The van der Waals surface area contributed by atoms with Gasteiger partial charge in [0.1, 0.15) is 24.3 Å². The van der Waals surface area contributed by atoms with Crippen molar-refractivity contribution in [3.8, 4) is 5.75 Å². The van der Waals surface area contributed by atoms with Crippen LogP contribution in [-0.4, -0.2) is 33.2 Å². The van der Waals surface area contributed by atoms with Gasteiger partial charge in [-0.15, -0.1) is 0 Å². The number of halogens is 2. The molecule has 0 spiro atoms. The van der Waals surface area contributed by atoms with Gasteiger partial charge in [0.05, 0.1) is 7.98 Å². The number of hydrogen-bond donors (Lipinski definition) is 2. The molecule has 0 saturated carbocycles. The molecular weight excluding hydrogens is 417 g/mol. The lowest BCUT2D eigenvalue weighted by Crippen LogP contribution is -2.35. The van der Waals surface area contributed by atoms with E-state index in [1.165, 1.54) is 6.07 Å². The molecule has 1 aromatic carbocycles. The molecule has 0 amide bonds. The minimum Gasteiger partial charge on any atom is -0.404 e. The molecule has 1 fully saturated rings. The summed E-state index contributed by atoms with van der Waals surface area (Å²) < 4.78 is 69.6. The Morgan fingerprint density at radius 1 is 1.45 bits per heavy atom. The Hall–Kier alpha value is -2.37. The van der Waals surface area contributed by atoms with E-state index in [9.17, 15) is 23.7 Å². The lowest BCUT2D eigenvalue weighted by molar-refractivity contribution is -0.179. The van der Waals surface area contributed by atoms with Crippen molar-refractivity contribution in [1.82, 2.24) is 9.55 Å². The summed E-state index contributed by atoms with van der Waals surface area (Å²) in [6.45, 7) is -1.39. The van der Waals surface area contributed by atoms with Gasteiger partial charge in [0.25, 0.3) is 5.56 Å². The van der Waals surface area contributed by atoms with Gasteiger partial charge in [0.15, 0.2) is 6.20 Å². The van der Waals surface area contributed by atoms with Crippen LogP contribution in [0.15, 0.2) is 40.1 Å². The molecule has 1 saturated heterocycles. The summed E-state index contributed by atoms with van der Waals surface area (Å²) in [6.07, 6.45) is -4.40. The van der Waals surface area contributed by atoms with Crippen LogP contribution in [0.2, 0.25) is 0 Å². The zero-order chi connectivity index (χ0) is 21.7. The average molecular weight is 433 g/mol. The summed E-state index contributed by atoms with van der Waals surface area (Å²) in [6, 6.07) is 4.28. The molecule has 4 atom stereocenters. The Balaban J connectivity index is 1.50. The van der Waals surface area contributed by atoms with Crippen molar-refractivity contribution in [3.05, 3.63) is 62.7 Å². The van der Waals surface area contributed by atoms with Gasteiger partial charge in [-0.2, -0.15) is 0 Å². The quantitative estimate of drug-likeness (QED) is 0.692. The van der Waals surface area contributed by atoms with Crippen LogP contribution in [0.5, 0.6) is 5.75 Å². The maximum absolute atomic E-state index is 15.1. The number of aromatic nitrogens is 2. The molecule has 13 heteroatoms. The number of rotatable bonds is 4. The number of benzene rings is 1. The zero-order valence-electron chi connectivity index (χ0n) is 15.5. The first-order valence-electron chi connectivity index (χ1n) is 8.79. The summed E-state index contributed by atoms with van der Waals surface area (Å²) in [4.78, 5) is 25.0. The normalized spacial score (nSPS) is 34.3. The molecule has 2 aliphatic rings. The Morgan fingerprint density at radius 3 is 3.00 bits per heavy atom. The number of nitrogens with one attached hydrogen (secondary N) is 1. The number of phosphoric acid groups is 1. The third-order valence-corrected chi connectivity index (χ3v) is 5.49. The van der Waals surface area contributed by atoms with Crippen LogP contribution >= 0.6 is 7.82 Å². The summed E-state index contributed by atoms with van der Waals surface area (Å²) in [5.74, 6) is -3.37. The maximum atomic E-state index is 15.1. The number of H-pyrrole nitrogens is 1. The molecule has 0 bridgehead atoms. The largest absolute Gasteiger partial charge is 0.530 e. The first-order valence-corrected chi connectivity index (χ1v) is 9.75. The van der Waals surface area contributed by atoms with Crippen LogP contribution in [0.4, 0.5) is 8.78 Å². The third kappa shape index (κ3) is 4.02. The number of ether oxygens (including phenoxy) is 1. The van der Waals surface area contributed by atoms with Gasteiger partial charge in [-0.05, 0) is 18.2 Å². The molecule has 29 heavy (non-hydrogen) atoms. The highest BCUT2D eigenvalue weighted by Gasteiger charge is 2.50. The van der Waals surface area contributed by atoms with E-state index in [2.05, 4.69) is 0 Å². The number of fused-ring (bicyclic) bond motifs is 1. The molecule has 2 N–H and O–H groups in total. The van der Waals surface area contributed by atoms with Crippen molar-refractivity contribution in [2.45, 2.75) is 31.2 Å². The van der Waals surface area contributed by atoms with E-state index in [1.54, 1.807) is 0 Å². The molecule has 0 aliphatic carbocycles. The molecule has 0 radical (unpaired) electrons. The molecule has 4 rings (SSSR count). The van der Waals surface area contributed by atoms with Crippen LogP contribution in [0.1, 0.15) is 19.6 Å². The summed E-state index contributed by atoms with van der Waals surface area (Å²) in [7, 11) is -4.31. The third-order valence-electron chi connectivity index (χ3n) is 4.18. The number of alkyl halides is 1. The highest BCUT2D eigenvalue weighted by molar-refractivity contribution is 7.49. The summed E-state index contributed by atoms with van der Waals surface area (Å²) >= 11 is 0. The van der Waals surface area contributed by atoms with Gasteiger partial charge in [-0.25, -0.2) is 18.1 Å². The predicted molar refractivity (Wildman–Crippen MR) is 91.3 cm³/mol. The lowest BCUT2D eigenvalue weighted by Gasteiger charge is -2.27. The Bertz CT molecular complexity index is 1160. The second-order valence-electron chi connectivity index (χ2n) is 6.36. The van der Waals surface area contributed by atoms with Gasteiger partial charge in [0, 0.05) is 24.2 Å². The Labute approximate surface area is 162 Å². The number of hydrogen-bond acceptors (Lipinski definition) is 8. The molecular formula is C16H15F2N2O8P. The van der Waals surface area contributed by atoms with Crippen molar-refractivity contribution >= 4 is 7.82 Å². The molecule has 1 aromatic heterocycles. The van der Waals surface area contributed by atoms with Crippen molar-refractivity contribution in [2.75, 3.05) is 6.61 Å². The molecule has 156 valence electrons. The Kier molecular flexibility index (Phi) is 4.60. The topological polar surface area (TPSA) is 129 Å². The van der Waals surface area contributed by atoms with E-state index in [-0.39, 0.29) is 17.9 Å². The number of aliphatic hydroxyl groups excluding tert-OH is 1. The van der Waals surface area contributed by atoms with Crippen molar-refractivity contribution in [1.29, 1.82) is 0 Å². The van der Waals surface area contributed by atoms with Crippen LogP contribution in [0, 0.1) is 5.82 Å². The van der Waals surface area contributed by atoms with Crippen molar-refractivity contribution in [2.24, 2.45) is 0 Å². The number of phosphoric ester groups is 1. The van der Waals surface area contributed by atoms with Gasteiger partial charge in [-0.3, -0.25) is 23.4 Å². The predicted octanol–water partition coefficient (Wildman–Crippen LogP) is 1.36. The fourth-order valence-corrected chi connectivity index (χ4v) is 4.09. The van der Waals surface area contributed by atoms with Gasteiger partial charge < -0.3 is 14.4 Å². The second kappa shape index (κ2) is 7.15. The van der Waals surface area contributed by atoms with E-state index in [1.807, 2.05) is 4.98 Å². The SMILES string of the molecule is [2H][C@@]1(n2ccc(=O)[nH]c2=O)O[C@](F)(COP2(=O)OCc3cc(F)ccc3O2)C[C@H]1O. The minimum absolute atomic E-state index is 0.0286. The lowest BCUT2D eigenvalue weighted by atomic mass is 10.2. The van der Waals surface area contributed by atoms with Gasteiger partial charge >= 0.3 is 13.5 Å². The summed E-state index contributed by atoms with van der Waals surface area (Å²) in [5.41, 5.74) is -1.58. The first-order chi connectivity index (χ1) is 14.0. The highest BCUT2D eigenvalue weighted by atomic mass is 31.2. The van der Waals surface area contributed by atoms with Crippen molar-refractivity contribution in [3.63, 3.8) is 0 Å². The van der Waals surface area contributed by atoms with E-state index in [0.717, 1.165) is 24.4 Å². The monoisotopic (exact) mass is 433 g/mol. The van der Waals surface area contributed by atoms with E-state index in [4.69, 9.17) is 19.7 Å². The molecule has 3 heterocycles. The average Bonchev–Trinajstić information content (AvgIpc) is 2.90. The van der Waals surface area contributed by atoms with Gasteiger partial charge in [-0.1, -0.05) is 0 Å². The highest BCUT2D eigenvalue weighted by Crippen LogP contribution is 2.55. The van der Waals surface area contributed by atoms with Crippen LogP contribution in [-0.2, 0) is 25.0 Å². The number of aliphatic hydroxyl groups is 1. The first kappa shape index (κ1) is 18.6. The Morgan fingerprint density at radius 2 is 2.24 bits per heavy atom. The second-order valence-corrected chi connectivity index (χ2v) is 7.95. The van der Waals surface area contributed by atoms with Crippen LogP contribution in [0.25, 0.3) is 0 Å². The van der Waals surface area contributed by atoms with Crippen LogP contribution < -0.4 is 15.8 Å². The van der Waals surface area contributed by atoms with E-state index < -0.39 is 56.1 Å². The molecule has 1 unspecified atom stereocenters. The van der Waals surface area contributed by atoms with E-state index in [0.29, 0.717) is 4.57 Å². The van der Waals surface area contributed by atoms with Crippen molar-refractivity contribution < 1.29 is 38.1 Å². The van der Waals surface area contributed by atoms with E-state index >= 15 is 4.39 Å². The van der Waals surface area contributed by atoms with Gasteiger partial charge in [0.2, 0.25) is 5.85 Å². The maximum Gasteiger partial charge on any atom is 0.530 e. The zero-order valence-corrected chi connectivity index (χ0v) is 15.4. The summed E-state index contributed by atoms with van der Waals surface area (Å²) in [5, 5.41) is 10.2. The molecule has 2 aliphatic heterocycles. The van der Waals surface area contributed by atoms with Crippen LogP contribution in [0.3, 0.4) is 0 Å². The number of nitrogens with zero attached hydrogens (tertiary/aromatic N) is 1. The fourth-order valence-electron chi connectivity index (χ4n) is 2.85. The number of aromatic amines is 1. The minimum atomic E-state index is -4.31. The molecule has 2 aromatic rings. The smallest absolute Gasteiger partial charge is 0.404 e. The molecule has 10 nitrogen and oxygen atoms in total.